The monoisotopic (exact) mass is 245 g/mol. The number of aromatic nitrogens is 2. The Morgan fingerprint density at radius 2 is 2.17 bits per heavy atom. The molecule has 1 atom stereocenters. The zero-order chi connectivity index (χ0) is 13.1. The van der Waals surface area contributed by atoms with Gasteiger partial charge in [-0.25, -0.2) is 0 Å². The third kappa shape index (κ3) is 2.71. The zero-order valence-corrected chi connectivity index (χ0v) is 11.0. The SMILES string of the molecule is Cc1ccc(C(C)NCc2cn[nH]c2C)c(O)c1. The van der Waals surface area contributed by atoms with Gasteiger partial charge < -0.3 is 10.4 Å². The van der Waals surface area contributed by atoms with Crippen LogP contribution in [0.4, 0.5) is 0 Å². The van der Waals surface area contributed by atoms with Crippen LogP contribution >= 0.6 is 0 Å². The van der Waals surface area contributed by atoms with Crippen LogP contribution < -0.4 is 5.32 Å². The summed E-state index contributed by atoms with van der Waals surface area (Å²) in [5.41, 5.74) is 4.20. The molecule has 0 aliphatic rings. The van der Waals surface area contributed by atoms with Gasteiger partial charge in [-0.3, -0.25) is 5.10 Å². The molecule has 18 heavy (non-hydrogen) atoms. The standard InChI is InChI=1S/C14H19N3O/c1-9-4-5-13(14(18)6-9)11(3)15-7-12-8-16-17-10(12)2/h4-6,8,11,15,18H,7H2,1-3H3,(H,16,17). The number of hydrogen-bond acceptors (Lipinski definition) is 3. The van der Waals surface area contributed by atoms with Crippen molar-refractivity contribution >= 4 is 0 Å². The molecule has 4 nitrogen and oxygen atoms in total. The van der Waals surface area contributed by atoms with Gasteiger partial charge in [0, 0.05) is 29.4 Å². The largest absolute Gasteiger partial charge is 0.508 e. The lowest BCUT2D eigenvalue weighted by Crippen LogP contribution is -2.18. The first-order valence-electron chi connectivity index (χ1n) is 6.09. The third-order valence-corrected chi connectivity index (χ3v) is 3.19. The highest BCUT2D eigenvalue weighted by molar-refractivity contribution is 5.37. The normalized spacial score (nSPS) is 12.6. The van der Waals surface area contributed by atoms with Crippen LogP contribution in [0.2, 0.25) is 0 Å². The van der Waals surface area contributed by atoms with Crippen molar-refractivity contribution in [2.75, 3.05) is 0 Å². The molecule has 4 heteroatoms. The van der Waals surface area contributed by atoms with Crippen molar-refractivity contribution in [1.29, 1.82) is 0 Å². The number of aromatic amines is 1. The molecule has 1 unspecified atom stereocenters. The summed E-state index contributed by atoms with van der Waals surface area (Å²) >= 11 is 0. The number of phenols is 1. The van der Waals surface area contributed by atoms with Crippen molar-refractivity contribution in [3.05, 3.63) is 46.8 Å². The molecule has 0 saturated heterocycles. The highest BCUT2D eigenvalue weighted by atomic mass is 16.3. The summed E-state index contributed by atoms with van der Waals surface area (Å²) in [5.74, 6) is 0.346. The zero-order valence-electron chi connectivity index (χ0n) is 11.0. The molecule has 1 aromatic carbocycles. The van der Waals surface area contributed by atoms with Crippen LogP contribution in [0.15, 0.2) is 24.4 Å². The first kappa shape index (κ1) is 12.6. The summed E-state index contributed by atoms with van der Waals surface area (Å²) < 4.78 is 0. The van der Waals surface area contributed by atoms with E-state index in [0.29, 0.717) is 5.75 Å². The van der Waals surface area contributed by atoms with Crippen LogP contribution in [0, 0.1) is 13.8 Å². The van der Waals surface area contributed by atoms with Gasteiger partial charge in [-0.05, 0) is 32.4 Å². The minimum Gasteiger partial charge on any atom is -0.508 e. The highest BCUT2D eigenvalue weighted by Crippen LogP contribution is 2.25. The smallest absolute Gasteiger partial charge is 0.120 e. The Labute approximate surface area is 107 Å². The first-order chi connectivity index (χ1) is 8.58. The first-order valence-corrected chi connectivity index (χ1v) is 6.09. The Hall–Kier alpha value is -1.81. The highest BCUT2D eigenvalue weighted by Gasteiger charge is 2.10. The van der Waals surface area contributed by atoms with Crippen LogP contribution in [-0.4, -0.2) is 15.3 Å². The minimum atomic E-state index is 0.0971. The molecule has 2 rings (SSSR count). The fourth-order valence-corrected chi connectivity index (χ4v) is 1.95. The lowest BCUT2D eigenvalue weighted by molar-refractivity contribution is 0.452. The van der Waals surface area contributed by atoms with Gasteiger partial charge in [-0.2, -0.15) is 5.10 Å². The third-order valence-electron chi connectivity index (χ3n) is 3.19. The van der Waals surface area contributed by atoms with Crippen molar-refractivity contribution in [1.82, 2.24) is 15.5 Å². The van der Waals surface area contributed by atoms with Crippen molar-refractivity contribution in [3.8, 4) is 5.75 Å². The predicted octanol–water partition coefficient (Wildman–Crippen LogP) is 2.58. The summed E-state index contributed by atoms with van der Waals surface area (Å²) in [6.45, 7) is 6.74. The van der Waals surface area contributed by atoms with E-state index in [0.717, 1.165) is 28.9 Å². The summed E-state index contributed by atoms with van der Waals surface area (Å²) in [5, 5.41) is 20.2. The Bertz CT molecular complexity index is 534. The van der Waals surface area contributed by atoms with E-state index in [1.807, 2.05) is 39.1 Å². The molecule has 1 heterocycles. The number of hydrogen-bond donors (Lipinski definition) is 3. The van der Waals surface area contributed by atoms with E-state index in [-0.39, 0.29) is 6.04 Å². The van der Waals surface area contributed by atoms with Gasteiger partial charge >= 0.3 is 0 Å². The molecular weight excluding hydrogens is 226 g/mol. The summed E-state index contributed by atoms with van der Waals surface area (Å²) in [7, 11) is 0. The molecule has 0 saturated carbocycles. The van der Waals surface area contributed by atoms with Crippen LogP contribution in [0.5, 0.6) is 5.75 Å². The quantitative estimate of drug-likeness (QED) is 0.776. The van der Waals surface area contributed by atoms with E-state index >= 15 is 0 Å². The van der Waals surface area contributed by atoms with E-state index in [1.54, 1.807) is 6.07 Å². The van der Waals surface area contributed by atoms with Gasteiger partial charge in [0.05, 0.1) is 6.20 Å². The maximum atomic E-state index is 9.92. The van der Waals surface area contributed by atoms with Crippen LogP contribution in [-0.2, 0) is 6.54 Å². The topological polar surface area (TPSA) is 60.9 Å². The molecule has 3 N–H and O–H groups in total. The van der Waals surface area contributed by atoms with Gasteiger partial charge in [-0.15, -0.1) is 0 Å². The molecular formula is C14H19N3O. The molecule has 0 fully saturated rings. The van der Waals surface area contributed by atoms with Crippen molar-refractivity contribution < 1.29 is 5.11 Å². The second kappa shape index (κ2) is 5.23. The Balaban J connectivity index is 2.03. The Morgan fingerprint density at radius 1 is 1.39 bits per heavy atom. The minimum absolute atomic E-state index is 0.0971. The van der Waals surface area contributed by atoms with E-state index in [1.165, 1.54) is 0 Å². The number of aryl methyl sites for hydroxylation is 2. The summed E-state index contributed by atoms with van der Waals surface area (Å²) in [4.78, 5) is 0. The van der Waals surface area contributed by atoms with Crippen LogP contribution in [0.1, 0.15) is 35.3 Å². The Kier molecular flexibility index (Phi) is 3.67. The number of nitrogens with one attached hydrogen (secondary N) is 2. The lowest BCUT2D eigenvalue weighted by Gasteiger charge is -2.15. The Morgan fingerprint density at radius 3 is 2.78 bits per heavy atom. The number of rotatable bonds is 4. The average Bonchev–Trinajstić information content (AvgIpc) is 2.72. The summed E-state index contributed by atoms with van der Waals surface area (Å²) in [6.07, 6.45) is 1.82. The van der Waals surface area contributed by atoms with E-state index < -0.39 is 0 Å². The number of H-pyrrole nitrogens is 1. The molecule has 0 aliphatic heterocycles. The van der Waals surface area contributed by atoms with E-state index in [2.05, 4.69) is 15.5 Å². The molecule has 0 radical (unpaired) electrons. The molecule has 0 bridgehead atoms. The van der Waals surface area contributed by atoms with Crippen LogP contribution in [0.3, 0.4) is 0 Å². The number of aromatic hydroxyl groups is 1. The fraction of sp³-hybridized carbons (Fsp3) is 0.357. The molecule has 0 amide bonds. The number of benzene rings is 1. The van der Waals surface area contributed by atoms with Crippen LogP contribution in [0.25, 0.3) is 0 Å². The molecule has 2 aromatic rings. The average molecular weight is 245 g/mol. The van der Waals surface area contributed by atoms with E-state index in [4.69, 9.17) is 0 Å². The molecule has 0 spiro atoms. The van der Waals surface area contributed by atoms with Gasteiger partial charge in [0.1, 0.15) is 5.75 Å². The fourth-order valence-electron chi connectivity index (χ4n) is 1.95. The summed E-state index contributed by atoms with van der Waals surface area (Å²) in [6, 6.07) is 5.86. The number of phenolic OH excluding ortho intramolecular Hbond substituents is 1. The predicted molar refractivity (Wildman–Crippen MR) is 71.4 cm³/mol. The molecule has 0 aliphatic carbocycles. The van der Waals surface area contributed by atoms with Gasteiger partial charge in [-0.1, -0.05) is 12.1 Å². The second-order valence-corrected chi connectivity index (χ2v) is 4.69. The molecule has 1 aromatic heterocycles. The maximum Gasteiger partial charge on any atom is 0.120 e. The van der Waals surface area contributed by atoms with Crippen molar-refractivity contribution in [2.45, 2.75) is 33.4 Å². The van der Waals surface area contributed by atoms with Gasteiger partial charge in [0.2, 0.25) is 0 Å². The lowest BCUT2D eigenvalue weighted by atomic mass is 10.0. The van der Waals surface area contributed by atoms with Gasteiger partial charge in [0.15, 0.2) is 0 Å². The van der Waals surface area contributed by atoms with Crippen molar-refractivity contribution in [3.63, 3.8) is 0 Å². The second-order valence-electron chi connectivity index (χ2n) is 4.69. The van der Waals surface area contributed by atoms with Crippen molar-refractivity contribution in [2.24, 2.45) is 0 Å². The van der Waals surface area contributed by atoms with E-state index in [9.17, 15) is 5.11 Å². The maximum absolute atomic E-state index is 9.92. The molecule has 96 valence electrons. The number of nitrogens with zero attached hydrogens (tertiary/aromatic N) is 1. The van der Waals surface area contributed by atoms with Gasteiger partial charge in [0.25, 0.3) is 0 Å².